The first-order valence-electron chi connectivity index (χ1n) is 6.26. The van der Waals surface area contributed by atoms with Crippen LogP contribution in [0.3, 0.4) is 0 Å². The normalized spacial score (nSPS) is 20.7. The predicted molar refractivity (Wildman–Crippen MR) is 65.6 cm³/mol. The summed E-state index contributed by atoms with van der Waals surface area (Å²) in [6.07, 6.45) is 3.03. The van der Waals surface area contributed by atoms with E-state index in [4.69, 9.17) is 0 Å². The molecule has 0 bridgehead atoms. The molecular formula is C13H15F2N3. The van der Waals surface area contributed by atoms with E-state index in [2.05, 4.69) is 10.3 Å². The summed E-state index contributed by atoms with van der Waals surface area (Å²) in [4.78, 5) is 4.38. The third-order valence-corrected chi connectivity index (χ3v) is 3.44. The van der Waals surface area contributed by atoms with Gasteiger partial charge in [0.15, 0.2) is 0 Å². The molecule has 3 nitrogen and oxygen atoms in total. The minimum absolute atomic E-state index is 0.0554. The molecule has 0 radical (unpaired) electrons. The standard InChI is InChI=1S/C13H15F2N3/c14-13(15)18-11-7-2-1-5-9(11)17-12(18)10-6-3-4-8-16-10/h1-2,5,7,10,13,16H,3-4,6,8H2/t10-/m0/s1. The second-order valence-electron chi connectivity index (χ2n) is 4.61. The van der Waals surface area contributed by atoms with Gasteiger partial charge >= 0.3 is 6.55 Å². The fourth-order valence-electron chi connectivity index (χ4n) is 2.59. The maximum atomic E-state index is 13.2. The van der Waals surface area contributed by atoms with Gasteiger partial charge < -0.3 is 5.32 Å². The first kappa shape index (κ1) is 11.6. The van der Waals surface area contributed by atoms with Crippen molar-refractivity contribution in [2.75, 3.05) is 6.54 Å². The van der Waals surface area contributed by atoms with Crippen molar-refractivity contribution in [3.63, 3.8) is 0 Å². The SMILES string of the molecule is FC(F)n1c([C@@H]2CCCCN2)nc2ccccc21. The van der Waals surface area contributed by atoms with Crippen LogP contribution in [-0.4, -0.2) is 16.1 Å². The van der Waals surface area contributed by atoms with E-state index in [9.17, 15) is 8.78 Å². The highest BCUT2D eigenvalue weighted by atomic mass is 19.3. The van der Waals surface area contributed by atoms with Crippen molar-refractivity contribution < 1.29 is 8.78 Å². The summed E-state index contributed by atoms with van der Waals surface area (Å²) in [6.45, 7) is -1.67. The summed E-state index contributed by atoms with van der Waals surface area (Å²) in [5.74, 6) is 0.464. The zero-order chi connectivity index (χ0) is 12.5. The van der Waals surface area contributed by atoms with Gasteiger partial charge in [-0.15, -0.1) is 0 Å². The number of halogens is 2. The highest BCUT2D eigenvalue weighted by Gasteiger charge is 2.25. The fraction of sp³-hybridized carbons (Fsp3) is 0.462. The van der Waals surface area contributed by atoms with E-state index in [1.54, 1.807) is 18.2 Å². The molecule has 2 aromatic rings. The number of para-hydroxylation sites is 2. The van der Waals surface area contributed by atoms with Crippen molar-refractivity contribution in [2.24, 2.45) is 0 Å². The Bertz CT molecular complexity index is 544. The van der Waals surface area contributed by atoms with E-state index in [0.29, 0.717) is 16.9 Å². The number of nitrogens with zero attached hydrogens (tertiary/aromatic N) is 2. The molecule has 3 rings (SSSR count). The number of fused-ring (bicyclic) bond motifs is 1. The molecule has 0 spiro atoms. The van der Waals surface area contributed by atoms with Crippen LogP contribution in [-0.2, 0) is 0 Å². The van der Waals surface area contributed by atoms with Gasteiger partial charge in [0.2, 0.25) is 0 Å². The second-order valence-corrected chi connectivity index (χ2v) is 4.61. The monoisotopic (exact) mass is 251 g/mol. The number of hydrogen-bond acceptors (Lipinski definition) is 2. The van der Waals surface area contributed by atoms with E-state index in [1.165, 1.54) is 0 Å². The molecule has 1 aliphatic heterocycles. The molecule has 0 saturated carbocycles. The van der Waals surface area contributed by atoms with E-state index < -0.39 is 6.55 Å². The zero-order valence-corrected chi connectivity index (χ0v) is 9.94. The molecule has 2 heterocycles. The maximum Gasteiger partial charge on any atom is 0.320 e. The largest absolute Gasteiger partial charge is 0.320 e. The van der Waals surface area contributed by atoms with Gasteiger partial charge in [0.05, 0.1) is 17.1 Å². The van der Waals surface area contributed by atoms with Crippen LogP contribution in [0.1, 0.15) is 37.7 Å². The molecule has 0 unspecified atom stereocenters. The van der Waals surface area contributed by atoms with Crippen molar-refractivity contribution in [1.29, 1.82) is 0 Å². The van der Waals surface area contributed by atoms with Crippen LogP contribution in [0.15, 0.2) is 24.3 Å². The molecule has 0 aliphatic carbocycles. The topological polar surface area (TPSA) is 29.9 Å². The lowest BCUT2D eigenvalue weighted by Crippen LogP contribution is -2.29. The van der Waals surface area contributed by atoms with Gasteiger partial charge in [-0.3, -0.25) is 4.57 Å². The Hall–Kier alpha value is -1.49. The average Bonchev–Trinajstić information content (AvgIpc) is 2.79. The first-order valence-corrected chi connectivity index (χ1v) is 6.26. The Morgan fingerprint density at radius 1 is 1.28 bits per heavy atom. The molecular weight excluding hydrogens is 236 g/mol. The van der Waals surface area contributed by atoms with Crippen LogP contribution < -0.4 is 5.32 Å². The minimum atomic E-state index is -2.55. The number of nitrogens with one attached hydrogen (secondary N) is 1. The Kier molecular flexibility index (Phi) is 2.99. The molecule has 5 heteroatoms. The van der Waals surface area contributed by atoms with Crippen LogP contribution in [0.25, 0.3) is 11.0 Å². The molecule has 18 heavy (non-hydrogen) atoms. The highest BCUT2D eigenvalue weighted by Crippen LogP contribution is 2.30. The lowest BCUT2D eigenvalue weighted by molar-refractivity contribution is 0.0688. The number of imidazole rings is 1. The Morgan fingerprint density at radius 3 is 2.83 bits per heavy atom. The molecule has 1 fully saturated rings. The summed E-state index contributed by atoms with van der Waals surface area (Å²) in [5, 5.41) is 3.27. The van der Waals surface area contributed by atoms with Gasteiger partial charge in [-0.05, 0) is 31.5 Å². The minimum Gasteiger partial charge on any atom is -0.307 e. The molecule has 1 atom stereocenters. The summed E-state index contributed by atoms with van der Waals surface area (Å²) < 4.78 is 27.5. The molecule has 1 aromatic heterocycles. The Balaban J connectivity index is 2.11. The van der Waals surface area contributed by atoms with Crippen LogP contribution in [0.4, 0.5) is 8.78 Å². The summed E-state index contributed by atoms with van der Waals surface area (Å²) in [7, 11) is 0. The van der Waals surface area contributed by atoms with Crippen LogP contribution in [0, 0.1) is 0 Å². The van der Waals surface area contributed by atoms with Crippen molar-refractivity contribution in [1.82, 2.24) is 14.9 Å². The van der Waals surface area contributed by atoms with Crippen molar-refractivity contribution in [3.8, 4) is 0 Å². The molecule has 96 valence electrons. The summed E-state index contributed by atoms with van der Waals surface area (Å²) in [6, 6.07) is 7.01. The summed E-state index contributed by atoms with van der Waals surface area (Å²) in [5.41, 5.74) is 1.15. The number of hydrogen-bond donors (Lipinski definition) is 1. The number of rotatable bonds is 2. The maximum absolute atomic E-state index is 13.2. The van der Waals surface area contributed by atoms with Crippen molar-refractivity contribution in [2.45, 2.75) is 31.9 Å². The highest BCUT2D eigenvalue weighted by molar-refractivity contribution is 5.76. The zero-order valence-electron chi connectivity index (χ0n) is 9.94. The lowest BCUT2D eigenvalue weighted by Gasteiger charge is -2.23. The van der Waals surface area contributed by atoms with Crippen LogP contribution >= 0.6 is 0 Å². The number of benzene rings is 1. The molecule has 0 amide bonds. The van der Waals surface area contributed by atoms with Crippen LogP contribution in [0.5, 0.6) is 0 Å². The predicted octanol–water partition coefficient (Wildman–Crippen LogP) is 3.25. The Morgan fingerprint density at radius 2 is 2.11 bits per heavy atom. The number of alkyl halides is 2. The van der Waals surface area contributed by atoms with Gasteiger partial charge in [0.1, 0.15) is 5.82 Å². The number of aromatic nitrogens is 2. The van der Waals surface area contributed by atoms with Gasteiger partial charge in [0, 0.05) is 0 Å². The molecule has 1 saturated heterocycles. The second kappa shape index (κ2) is 4.65. The van der Waals surface area contributed by atoms with Crippen LogP contribution in [0.2, 0.25) is 0 Å². The fourth-order valence-corrected chi connectivity index (χ4v) is 2.59. The number of piperidine rings is 1. The van der Waals surface area contributed by atoms with Gasteiger partial charge in [-0.1, -0.05) is 18.6 Å². The Labute approximate surface area is 104 Å². The quantitative estimate of drug-likeness (QED) is 0.888. The van der Waals surface area contributed by atoms with Gasteiger partial charge in [0.25, 0.3) is 0 Å². The van der Waals surface area contributed by atoms with E-state index in [-0.39, 0.29) is 6.04 Å². The molecule has 1 aliphatic rings. The average molecular weight is 251 g/mol. The lowest BCUT2D eigenvalue weighted by atomic mass is 10.0. The van der Waals surface area contributed by atoms with E-state index in [1.807, 2.05) is 6.07 Å². The van der Waals surface area contributed by atoms with E-state index in [0.717, 1.165) is 30.4 Å². The molecule has 1 N–H and O–H groups in total. The third-order valence-electron chi connectivity index (χ3n) is 3.44. The third kappa shape index (κ3) is 1.88. The smallest absolute Gasteiger partial charge is 0.307 e. The van der Waals surface area contributed by atoms with Crippen molar-refractivity contribution in [3.05, 3.63) is 30.1 Å². The van der Waals surface area contributed by atoms with E-state index >= 15 is 0 Å². The molecule has 1 aromatic carbocycles. The first-order chi connectivity index (χ1) is 8.77. The van der Waals surface area contributed by atoms with Gasteiger partial charge in [-0.2, -0.15) is 8.78 Å². The van der Waals surface area contributed by atoms with Crippen molar-refractivity contribution >= 4 is 11.0 Å². The van der Waals surface area contributed by atoms with Gasteiger partial charge in [-0.25, -0.2) is 4.98 Å². The summed E-state index contributed by atoms with van der Waals surface area (Å²) >= 11 is 0.